The van der Waals surface area contributed by atoms with Gasteiger partial charge in [-0.3, -0.25) is 14.5 Å². The minimum Gasteiger partial charge on any atom is -0.421 e. The standard InChI is InChI=1S/C16H17N3O3/c1-11-4-6-12(7-5-11)16-18-17-13(22-16)3-2-10-19-14(20)8-9-15(19)21/h4-7H,2-3,8-10H2,1H3. The van der Waals surface area contributed by atoms with Gasteiger partial charge < -0.3 is 4.42 Å². The molecule has 6 nitrogen and oxygen atoms in total. The molecule has 0 saturated carbocycles. The van der Waals surface area contributed by atoms with Crippen molar-refractivity contribution < 1.29 is 14.0 Å². The summed E-state index contributed by atoms with van der Waals surface area (Å²) in [6.07, 6.45) is 1.84. The maximum Gasteiger partial charge on any atom is 0.247 e. The van der Waals surface area contributed by atoms with Crippen molar-refractivity contribution in [1.29, 1.82) is 0 Å². The average molecular weight is 299 g/mol. The van der Waals surface area contributed by atoms with Crippen LogP contribution >= 0.6 is 0 Å². The Morgan fingerprint density at radius 3 is 2.45 bits per heavy atom. The fraction of sp³-hybridized carbons (Fsp3) is 0.375. The van der Waals surface area contributed by atoms with Crippen LogP contribution in [0.5, 0.6) is 0 Å². The lowest BCUT2D eigenvalue weighted by atomic mass is 10.1. The molecule has 2 aromatic rings. The molecular weight excluding hydrogens is 282 g/mol. The molecule has 1 saturated heterocycles. The van der Waals surface area contributed by atoms with E-state index in [-0.39, 0.29) is 11.8 Å². The second kappa shape index (κ2) is 6.09. The Morgan fingerprint density at radius 1 is 1.09 bits per heavy atom. The van der Waals surface area contributed by atoms with E-state index in [1.54, 1.807) is 0 Å². The van der Waals surface area contributed by atoms with Crippen LogP contribution < -0.4 is 0 Å². The number of nitrogens with zero attached hydrogens (tertiary/aromatic N) is 3. The van der Waals surface area contributed by atoms with Gasteiger partial charge in [0.25, 0.3) is 0 Å². The van der Waals surface area contributed by atoms with Crippen molar-refractivity contribution in [1.82, 2.24) is 15.1 Å². The highest BCUT2D eigenvalue weighted by Crippen LogP contribution is 2.19. The van der Waals surface area contributed by atoms with Gasteiger partial charge in [-0.15, -0.1) is 10.2 Å². The minimum atomic E-state index is -0.0872. The lowest BCUT2D eigenvalue weighted by Gasteiger charge is -2.12. The number of amides is 2. The molecule has 0 unspecified atom stereocenters. The number of imide groups is 1. The molecule has 0 N–H and O–H groups in total. The highest BCUT2D eigenvalue weighted by Gasteiger charge is 2.28. The van der Waals surface area contributed by atoms with Gasteiger partial charge in [0.1, 0.15) is 0 Å². The first-order valence-electron chi connectivity index (χ1n) is 7.36. The third kappa shape index (κ3) is 3.05. The van der Waals surface area contributed by atoms with E-state index in [1.165, 1.54) is 10.5 Å². The third-order valence-corrected chi connectivity index (χ3v) is 3.69. The molecule has 22 heavy (non-hydrogen) atoms. The highest BCUT2D eigenvalue weighted by molar-refractivity contribution is 6.01. The molecule has 114 valence electrons. The topological polar surface area (TPSA) is 76.3 Å². The number of carbonyl (C=O) groups excluding carboxylic acids is 2. The number of hydrogen-bond acceptors (Lipinski definition) is 5. The van der Waals surface area contributed by atoms with E-state index in [1.807, 2.05) is 31.2 Å². The Morgan fingerprint density at radius 2 is 1.77 bits per heavy atom. The molecule has 0 atom stereocenters. The molecule has 0 spiro atoms. The predicted molar refractivity (Wildman–Crippen MR) is 78.7 cm³/mol. The minimum absolute atomic E-state index is 0.0872. The predicted octanol–water partition coefficient (Wildman–Crippen LogP) is 2.13. The zero-order valence-corrected chi connectivity index (χ0v) is 12.4. The number of carbonyl (C=O) groups is 2. The Kier molecular flexibility index (Phi) is 4.00. The van der Waals surface area contributed by atoms with Crippen molar-refractivity contribution in [2.24, 2.45) is 0 Å². The first-order valence-corrected chi connectivity index (χ1v) is 7.36. The van der Waals surface area contributed by atoms with Gasteiger partial charge in [0.15, 0.2) is 0 Å². The second-order valence-electron chi connectivity index (χ2n) is 5.41. The van der Waals surface area contributed by atoms with E-state index in [4.69, 9.17) is 4.42 Å². The molecule has 1 fully saturated rings. The van der Waals surface area contributed by atoms with Gasteiger partial charge in [-0.1, -0.05) is 17.7 Å². The molecule has 0 radical (unpaired) electrons. The third-order valence-electron chi connectivity index (χ3n) is 3.69. The van der Waals surface area contributed by atoms with Crippen LogP contribution in [0.3, 0.4) is 0 Å². The van der Waals surface area contributed by atoms with Gasteiger partial charge in [0, 0.05) is 31.4 Å². The largest absolute Gasteiger partial charge is 0.421 e. The number of hydrogen-bond donors (Lipinski definition) is 0. The van der Waals surface area contributed by atoms with Crippen molar-refractivity contribution in [2.45, 2.75) is 32.6 Å². The number of aryl methyl sites for hydroxylation is 2. The molecule has 2 heterocycles. The highest BCUT2D eigenvalue weighted by atomic mass is 16.4. The Labute approximate surface area is 128 Å². The summed E-state index contributed by atoms with van der Waals surface area (Å²) in [7, 11) is 0. The van der Waals surface area contributed by atoms with Crippen molar-refractivity contribution in [3.05, 3.63) is 35.7 Å². The summed E-state index contributed by atoms with van der Waals surface area (Å²) in [5, 5.41) is 8.04. The van der Waals surface area contributed by atoms with E-state index in [0.29, 0.717) is 44.0 Å². The van der Waals surface area contributed by atoms with E-state index >= 15 is 0 Å². The molecule has 1 aliphatic rings. The molecule has 2 amide bonds. The normalized spacial score (nSPS) is 14.9. The van der Waals surface area contributed by atoms with Gasteiger partial charge in [0.05, 0.1) is 0 Å². The summed E-state index contributed by atoms with van der Waals surface area (Å²) in [5.41, 5.74) is 2.05. The summed E-state index contributed by atoms with van der Waals surface area (Å²) in [6, 6.07) is 7.86. The van der Waals surface area contributed by atoms with Crippen LogP contribution in [0, 0.1) is 6.92 Å². The smallest absolute Gasteiger partial charge is 0.247 e. The van der Waals surface area contributed by atoms with Gasteiger partial charge in [-0.2, -0.15) is 0 Å². The first-order chi connectivity index (χ1) is 10.6. The van der Waals surface area contributed by atoms with Crippen molar-refractivity contribution in [2.75, 3.05) is 6.54 Å². The van der Waals surface area contributed by atoms with Crippen molar-refractivity contribution in [3.63, 3.8) is 0 Å². The monoisotopic (exact) mass is 299 g/mol. The fourth-order valence-corrected chi connectivity index (χ4v) is 2.43. The molecule has 6 heteroatoms. The molecule has 1 aliphatic heterocycles. The van der Waals surface area contributed by atoms with E-state index in [2.05, 4.69) is 10.2 Å². The van der Waals surface area contributed by atoms with E-state index in [9.17, 15) is 9.59 Å². The van der Waals surface area contributed by atoms with Crippen LogP contribution in [0.1, 0.15) is 30.7 Å². The summed E-state index contributed by atoms with van der Waals surface area (Å²) < 4.78 is 5.62. The maximum atomic E-state index is 11.5. The Balaban J connectivity index is 1.57. The SMILES string of the molecule is Cc1ccc(-c2nnc(CCCN3C(=O)CCC3=O)o2)cc1. The molecule has 0 bridgehead atoms. The quantitative estimate of drug-likeness (QED) is 0.790. The van der Waals surface area contributed by atoms with Crippen LogP contribution in [-0.2, 0) is 16.0 Å². The van der Waals surface area contributed by atoms with E-state index in [0.717, 1.165) is 5.56 Å². The summed E-state index contributed by atoms with van der Waals surface area (Å²) >= 11 is 0. The van der Waals surface area contributed by atoms with E-state index < -0.39 is 0 Å². The zero-order valence-electron chi connectivity index (χ0n) is 12.4. The second-order valence-corrected chi connectivity index (χ2v) is 5.41. The van der Waals surface area contributed by atoms with Crippen LogP contribution in [0.4, 0.5) is 0 Å². The van der Waals surface area contributed by atoms with Gasteiger partial charge in [0.2, 0.25) is 23.6 Å². The number of benzene rings is 1. The molecule has 3 rings (SSSR count). The van der Waals surface area contributed by atoms with Crippen molar-refractivity contribution in [3.8, 4) is 11.5 Å². The van der Waals surface area contributed by atoms with Crippen LogP contribution in [-0.4, -0.2) is 33.5 Å². The molecular formula is C16H17N3O3. The lowest BCUT2D eigenvalue weighted by Crippen LogP contribution is -2.30. The number of likely N-dealkylation sites (tertiary alicyclic amines) is 1. The Bertz CT molecular complexity index is 675. The summed E-state index contributed by atoms with van der Waals surface area (Å²) in [5.74, 6) is 0.838. The van der Waals surface area contributed by atoms with Gasteiger partial charge >= 0.3 is 0 Å². The molecule has 1 aromatic heterocycles. The first kappa shape index (κ1) is 14.4. The average Bonchev–Trinajstić information content (AvgIpc) is 3.10. The number of aromatic nitrogens is 2. The number of rotatable bonds is 5. The van der Waals surface area contributed by atoms with Crippen LogP contribution in [0.25, 0.3) is 11.5 Å². The maximum absolute atomic E-state index is 11.5. The van der Waals surface area contributed by atoms with Crippen molar-refractivity contribution >= 4 is 11.8 Å². The van der Waals surface area contributed by atoms with Gasteiger partial charge in [-0.25, -0.2) is 0 Å². The zero-order chi connectivity index (χ0) is 15.5. The lowest BCUT2D eigenvalue weighted by molar-refractivity contribution is -0.138. The Hall–Kier alpha value is -2.50. The van der Waals surface area contributed by atoms with Crippen LogP contribution in [0.2, 0.25) is 0 Å². The summed E-state index contributed by atoms with van der Waals surface area (Å²) in [4.78, 5) is 24.3. The molecule has 0 aliphatic carbocycles. The fourth-order valence-electron chi connectivity index (χ4n) is 2.43. The van der Waals surface area contributed by atoms with Crippen LogP contribution in [0.15, 0.2) is 28.7 Å². The van der Waals surface area contributed by atoms with Gasteiger partial charge in [-0.05, 0) is 25.5 Å². The summed E-state index contributed by atoms with van der Waals surface area (Å²) in [6.45, 7) is 2.43. The molecule has 1 aromatic carbocycles.